The van der Waals surface area contributed by atoms with Crippen molar-refractivity contribution in [1.82, 2.24) is 4.98 Å². The molecule has 33 heavy (non-hydrogen) atoms. The number of ether oxygens (including phenoxy) is 4. The van der Waals surface area contributed by atoms with Gasteiger partial charge in [-0.25, -0.2) is 0 Å². The fourth-order valence-electron chi connectivity index (χ4n) is 3.30. The number of aromatic nitrogens is 1. The number of thiophene rings is 1. The van der Waals surface area contributed by atoms with E-state index >= 15 is 0 Å². The Bertz CT molecular complexity index is 1310. The third-order valence-electron chi connectivity index (χ3n) is 4.94. The van der Waals surface area contributed by atoms with Gasteiger partial charge in [-0.1, -0.05) is 0 Å². The second-order valence-electron chi connectivity index (χ2n) is 6.86. The van der Waals surface area contributed by atoms with Gasteiger partial charge in [-0.15, -0.1) is 11.3 Å². The van der Waals surface area contributed by atoms with E-state index in [1.54, 1.807) is 63.8 Å². The van der Waals surface area contributed by atoms with Gasteiger partial charge in [0.25, 0.3) is 0 Å². The van der Waals surface area contributed by atoms with Crippen molar-refractivity contribution in [3.8, 4) is 28.7 Å². The highest BCUT2D eigenvalue weighted by Gasteiger charge is 2.18. The fraction of sp³-hybridized carbons (Fsp3) is 0.120. The van der Waals surface area contributed by atoms with Crippen LogP contribution in [-0.2, 0) is 4.79 Å². The van der Waals surface area contributed by atoms with E-state index in [4.69, 9.17) is 18.9 Å². The Balaban J connectivity index is 1.91. The molecule has 0 unspecified atom stereocenters. The molecule has 7 nitrogen and oxygen atoms in total. The maximum Gasteiger partial charge on any atom is 0.162 e. The van der Waals surface area contributed by atoms with Gasteiger partial charge in [-0.3, -0.25) is 4.98 Å². The number of carbonyl (C=O) groups is 1. The minimum Gasteiger partial charge on any atom is -0.545 e. The van der Waals surface area contributed by atoms with Crippen LogP contribution < -0.4 is 24.1 Å². The Hall–Kier alpha value is -4.04. The van der Waals surface area contributed by atoms with Crippen molar-refractivity contribution in [1.29, 1.82) is 0 Å². The summed E-state index contributed by atoms with van der Waals surface area (Å²) in [5.74, 6) is 1.55. The molecule has 0 fully saturated rings. The molecule has 0 aliphatic carbocycles. The van der Waals surface area contributed by atoms with Gasteiger partial charge < -0.3 is 28.8 Å². The van der Waals surface area contributed by atoms with Gasteiger partial charge in [0.1, 0.15) is 11.5 Å². The van der Waals surface area contributed by atoms with Gasteiger partial charge >= 0.3 is 0 Å². The number of pyridine rings is 1. The van der Waals surface area contributed by atoms with Crippen LogP contribution >= 0.6 is 11.3 Å². The van der Waals surface area contributed by atoms with Crippen molar-refractivity contribution in [3.63, 3.8) is 0 Å². The number of carboxylic acid groups (broad SMARTS) is 1. The van der Waals surface area contributed by atoms with E-state index < -0.39 is 5.97 Å². The Labute approximate surface area is 194 Å². The van der Waals surface area contributed by atoms with Gasteiger partial charge in [-0.2, -0.15) is 0 Å². The number of fused-ring (bicyclic) bond motifs is 1. The standard InChI is InChI=1S/C25H21NO6S/c1-29-16-4-6-17(7-5-16)32-24-19-12-20(30-2)21(31-3)14-22(19)33-23(24)13-18(25(27)28)15-8-10-26-11-9-15/h4-14H,1-3H3,(H,27,28)/p-1/b18-13+. The van der Waals surface area contributed by atoms with Gasteiger partial charge in [0.2, 0.25) is 0 Å². The highest BCUT2D eigenvalue weighted by atomic mass is 32.1. The zero-order valence-electron chi connectivity index (χ0n) is 18.2. The average Bonchev–Trinajstić information content (AvgIpc) is 3.18. The summed E-state index contributed by atoms with van der Waals surface area (Å²) in [5.41, 5.74) is 0.496. The number of methoxy groups -OCH3 is 3. The molecule has 0 atom stereocenters. The van der Waals surface area contributed by atoms with E-state index in [1.807, 2.05) is 12.1 Å². The molecule has 0 N–H and O–H groups in total. The molecule has 0 bridgehead atoms. The molecule has 0 amide bonds. The van der Waals surface area contributed by atoms with E-state index in [2.05, 4.69) is 4.98 Å². The maximum absolute atomic E-state index is 12.0. The number of carbonyl (C=O) groups excluding carboxylic acids is 1. The van der Waals surface area contributed by atoms with Gasteiger partial charge in [0.05, 0.1) is 32.2 Å². The SMILES string of the molecule is COc1ccc(Oc2c(/C=C(/C(=O)[O-])c3ccncc3)sc3cc(OC)c(OC)cc23)cc1. The van der Waals surface area contributed by atoms with Crippen molar-refractivity contribution in [2.75, 3.05) is 21.3 Å². The van der Waals surface area contributed by atoms with Crippen molar-refractivity contribution in [2.45, 2.75) is 0 Å². The van der Waals surface area contributed by atoms with Gasteiger partial charge in [0, 0.05) is 34.1 Å². The van der Waals surface area contributed by atoms with Crippen LogP contribution in [0.25, 0.3) is 21.7 Å². The second kappa shape index (κ2) is 9.62. The second-order valence-corrected chi connectivity index (χ2v) is 7.94. The summed E-state index contributed by atoms with van der Waals surface area (Å²) in [6.45, 7) is 0. The first kappa shape index (κ1) is 22.2. The molecule has 8 heteroatoms. The third-order valence-corrected chi connectivity index (χ3v) is 6.02. The lowest BCUT2D eigenvalue weighted by molar-refractivity contribution is -0.295. The average molecular weight is 463 g/mol. The first-order chi connectivity index (χ1) is 16.0. The van der Waals surface area contributed by atoms with Gasteiger partial charge in [0.15, 0.2) is 17.2 Å². The summed E-state index contributed by atoms with van der Waals surface area (Å²) in [5, 5.41) is 12.7. The Morgan fingerprint density at radius 1 is 0.909 bits per heavy atom. The highest BCUT2D eigenvalue weighted by molar-refractivity contribution is 7.20. The van der Waals surface area contributed by atoms with Crippen LogP contribution in [0.4, 0.5) is 0 Å². The minimum absolute atomic E-state index is 0.0162. The summed E-state index contributed by atoms with van der Waals surface area (Å²) in [4.78, 5) is 16.5. The van der Waals surface area contributed by atoms with E-state index in [0.29, 0.717) is 39.2 Å². The summed E-state index contributed by atoms with van der Waals surface area (Å²) in [7, 11) is 4.70. The minimum atomic E-state index is -1.30. The lowest BCUT2D eigenvalue weighted by Gasteiger charge is -2.11. The normalized spacial score (nSPS) is 11.3. The van der Waals surface area contributed by atoms with Crippen LogP contribution in [0.2, 0.25) is 0 Å². The van der Waals surface area contributed by atoms with E-state index in [-0.39, 0.29) is 5.57 Å². The molecule has 0 aliphatic rings. The molecule has 0 radical (unpaired) electrons. The van der Waals surface area contributed by atoms with Crippen molar-refractivity contribution < 1.29 is 28.8 Å². The Kier molecular flexibility index (Phi) is 6.46. The molecule has 0 aliphatic heterocycles. The van der Waals surface area contributed by atoms with Crippen LogP contribution in [0.5, 0.6) is 28.7 Å². The van der Waals surface area contributed by atoms with Crippen LogP contribution in [0.15, 0.2) is 60.9 Å². The van der Waals surface area contributed by atoms with Crippen LogP contribution in [0.1, 0.15) is 10.4 Å². The molecule has 0 spiro atoms. The van der Waals surface area contributed by atoms with E-state index in [9.17, 15) is 9.90 Å². The number of carboxylic acids is 1. The molecular formula is C25H20NO6S-. The van der Waals surface area contributed by atoms with Crippen molar-refractivity contribution in [2.24, 2.45) is 0 Å². The number of hydrogen-bond donors (Lipinski definition) is 0. The molecule has 4 rings (SSSR count). The Morgan fingerprint density at radius 2 is 1.55 bits per heavy atom. The number of hydrogen-bond acceptors (Lipinski definition) is 8. The monoisotopic (exact) mass is 462 g/mol. The summed E-state index contributed by atoms with van der Waals surface area (Å²) in [6, 6.07) is 14.0. The maximum atomic E-state index is 12.0. The lowest BCUT2D eigenvalue weighted by atomic mass is 10.1. The summed E-state index contributed by atoms with van der Waals surface area (Å²) >= 11 is 1.37. The fourth-order valence-corrected chi connectivity index (χ4v) is 4.39. The largest absolute Gasteiger partial charge is 0.545 e. The first-order valence-corrected chi connectivity index (χ1v) is 10.7. The highest BCUT2D eigenvalue weighted by Crippen LogP contribution is 2.46. The molecule has 2 aromatic heterocycles. The first-order valence-electron chi connectivity index (χ1n) is 9.88. The lowest BCUT2D eigenvalue weighted by Crippen LogP contribution is -2.23. The molecule has 4 aromatic rings. The van der Waals surface area contributed by atoms with Crippen molar-refractivity contribution >= 4 is 39.0 Å². The summed E-state index contributed by atoms with van der Waals surface area (Å²) in [6.07, 6.45) is 4.61. The zero-order valence-corrected chi connectivity index (χ0v) is 19.0. The smallest absolute Gasteiger partial charge is 0.162 e. The number of nitrogens with zero attached hydrogens (tertiary/aromatic N) is 1. The number of aliphatic carboxylic acids is 1. The van der Waals surface area contributed by atoms with Crippen molar-refractivity contribution in [3.05, 3.63) is 71.4 Å². The molecule has 2 aromatic carbocycles. The molecule has 2 heterocycles. The molecule has 0 saturated heterocycles. The molecular weight excluding hydrogens is 442 g/mol. The zero-order chi connectivity index (χ0) is 23.4. The predicted octanol–water partition coefficient (Wildman–Crippen LogP) is 4.40. The third kappa shape index (κ3) is 4.61. The molecule has 0 saturated carbocycles. The number of rotatable bonds is 8. The predicted molar refractivity (Wildman–Crippen MR) is 125 cm³/mol. The van der Waals surface area contributed by atoms with Crippen LogP contribution in [0, 0.1) is 0 Å². The summed E-state index contributed by atoms with van der Waals surface area (Å²) < 4.78 is 23.2. The Morgan fingerprint density at radius 3 is 2.15 bits per heavy atom. The van der Waals surface area contributed by atoms with E-state index in [1.165, 1.54) is 23.7 Å². The molecule has 168 valence electrons. The quantitative estimate of drug-likeness (QED) is 0.358. The van der Waals surface area contributed by atoms with Crippen LogP contribution in [0.3, 0.4) is 0 Å². The number of benzene rings is 2. The van der Waals surface area contributed by atoms with Gasteiger partial charge in [-0.05, 0) is 54.1 Å². The van der Waals surface area contributed by atoms with Crippen LogP contribution in [-0.4, -0.2) is 32.3 Å². The topological polar surface area (TPSA) is 89.9 Å². The van der Waals surface area contributed by atoms with E-state index in [0.717, 1.165) is 10.1 Å².